The molecule has 0 unspecified atom stereocenters. The summed E-state index contributed by atoms with van der Waals surface area (Å²) < 4.78 is 4.88. The zero-order valence-electron chi connectivity index (χ0n) is 6.67. The predicted octanol–water partition coefficient (Wildman–Crippen LogP) is 1.72. The fraction of sp³-hybridized carbons (Fsp3) is 0.250. The molecular weight excluding hydrogens is 178 g/mol. The van der Waals surface area contributed by atoms with Gasteiger partial charge in [0.05, 0.1) is 12.8 Å². The smallest absolute Gasteiger partial charge is 0.181 e. The number of nitrogens with two attached hydrogens (primary N) is 1. The monoisotopic (exact) mass is 187 g/mol. The van der Waals surface area contributed by atoms with Gasteiger partial charge in [0.15, 0.2) is 11.5 Å². The second-order valence-corrected chi connectivity index (χ2v) is 2.64. The maximum Gasteiger partial charge on any atom is 0.181 e. The van der Waals surface area contributed by atoms with E-state index in [9.17, 15) is 5.11 Å². The highest BCUT2D eigenvalue weighted by molar-refractivity contribution is 6.17. The Morgan fingerprint density at radius 3 is 2.75 bits per heavy atom. The van der Waals surface area contributed by atoms with Gasteiger partial charge in [0.1, 0.15) is 0 Å². The molecule has 0 atom stereocenters. The van der Waals surface area contributed by atoms with E-state index in [4.69, 9.17) is 22.1 Å². The first-order valence-corrected chi connectivity index (χ1v) is 3.93. The molecule has 0 amide bonds. The molecule has 3 nitrogen and oxygen atoms in total. The van der Waals surface area contributed by atoms with Crippen molar-refractivity contribution >= 4 is 17.3 Å². The Bertz CT molecular complexity index is 289. The number of phenols is 1. The van der Waals surface area contributed by atoms with Crippen molar-refractivity contribution in [3.63, 3.8) is 0 Å². The van der Waals surface area contributed by atoms with E-state index in [0.717, 1.165) is 5.56 Å². The summed E-state index contributed by atoms with van der Waals surface area (Å²) >= 11 is 5.59. The van der Waals surface area contributed by atoms with E-state index in [1.54, 1.807) is 12.1 Å². The van der Waals surface area contributed by atoms with Gasteiger partial charge in [0.25, 0.3) is 0 Å². The van der Waals surface area contributed by atoms with Crippen molar-refractivity contribution in [2.45, 2.75) is 5.88 Å². The molecule has 0 aliphatic heterocycles. The van der Waals surface area contributed by atoms with E-state index in [-0.39, 0.29) is 11.4 Å². The van der Waals surface area contributed by atoms with Crippen molar-refractivity contribution < 1.29 is 9.84 Å². The van der Waals surface area contributed by atoms with Gasteiger partial charge in [-0.2, -0.15) is 0 Å². The topological polar surface area (TPSA) is 55.5 Å². The standard InChI is InChI=1S/C8H10ClNO2/c1-12-7-3-5(4-9)2-6(10)8(7)11/h2-3,11H,4,10H2,1H3. The van der Waals surface area contributed by atoms with E-state index < -0.39 is 0 Å². The molecule has 1 aromatic rings. The molecule has 12 heavy (non-hydrogen) atoms. The molecule has 0 bridgehead atoms. The average molecular weight is 188 g/mol. The lowest BCUT2D eigenvalue weighted by molar-refractivity contribution is 0.374. The van der Waals surface area contributed by atoms with Gasteiger partial charge in [-0.25, -0.2) is 0 Å². The Hall–Kier alpha value is -1.09. The van der Waals surface area contributed by atoms with Crippen molar-refractivity contribution in [3.05, 3.63) is 17.7 Å². The fourth-order valence-corrected chi connectivity index (χ4v) is 1.08. The highest BCUT2D eigenvalue weighted by Gasteiger charge is 2.06. The van der Waals surface area contributed by atoms with Crippen LogP contribution in [0.15, 0.2) is 12.1 Å². The summed E-state index contributed by atoms with van der Waals surface area (Å²) in [6.07, 6.45) is 0. The maximum atomic E-state index is 9.32. The van der Waals surface area contributed by atoms with Gasteiger partial charge in [-0.1, -0.05) is 0 Å². The fourth-order valence-electron chi connectivity index (χ4n) is 0.922. The molecule has 3 N–H and O–H groups in total. The first-order chi connectivity index (χ1) is 5.69. The van der Waals surface area contributed by atoms with E-state index in [0.29, 0.717) is 11.6 Å². The van der Waals surface area contributed by atoms with Crippen LogP contribution in [0, 0.1) is 0 Å². The molecule has 0 aliphatic rings. The van der Waals surface area contributed by atoms with Crippen LogP contribution in [0.1, 0.15) is 5.56 Å². The van der Waals surface area contributed by atoms with Gasteiger partial charge in [0.2, 0.25) is 0 Å². The third-order valence-electron chi connectivity index (χ3n) is 1.54. The van der Waals surface area contributed by atoms with Crippen molar-refractivity contribution in [1.82, 2.24) is 0 Å². The van der Waals surface area contributed by atoms with Crippen LogP contribution in [-0.4, -0.2) is 12.2 Å². The van der Waals surface area contributed by atoms with Crippen molar-refractivity contribution in [1.29, 1.82) is 0 Å². The molecule has 1 aromatic carbocycles. The van der Waals surface area contributed by atoms with E-state index in [2.05, 4.69) is 0 Å². The number of methoxy groups -OCH3 is 1. The minimum Gasteiger partial charge on any atom is -0.503 e. The largest absolute Gasteiger partial charge is 0.503 e. The normalized spacial score (nSPS) is 9.83. The highest BCUT2D eigenvalue weighted by Crippen LogP contribution is 2.33. The van der Waals surface area contributed by atoms with E-state index >= 15 is 0 Å². The van der Waals surface area contributed by atoms with Gasteiger partial charge in [-0.05, 0) is 17.7 Å². The summed E-state index contributed by atoms with van der Waals surface area (Å²) in [6, 6.07) is 3.27. The SMILES string of the molecule is COc1cc(CCl)cc(N)c1O. The zero-order chi connectivity index (χ0) is 9.14. The van der Waals surface area contributed by atoms with Gasteiger partial charge < -0.3 is 15.6 Å². The number of hydrogen-bond acceptors (Lipinski definition) is 3. The summed E-state index contributed by atoms with van der Waals surface area (Å²) in [5.74, 6) is 0.665. The van der Waals surface area contributed by atoms with Crippen molar-refractivity contribution in [2.75, 3.05) is 12.8 Å². The lowest BCUT2D eigenvalue weighted by Crippen LogP contribution is -1.92. The number of ether oxygens (including phenoxy) is 1. The third kappa shape index (κ3) is 1.56. The molecule has 66 valence electrons. The molecular formula is C8H10ClNO2. The van der Waals surface area contributed by atoms with Gasteiger partial charge >= 0.3 is 0 Å². The Labute approximate surface area is 75.7 Å². The number of anilines is 1. The number of rotatable bonds is 2. The molecule has 0 spiro atoms. The molecule has 0 fully saturated rings. The van der Waals surface area contributed by atoms with Crippen LogP contribution in [0.5, 0.6) is 11.5 Å². The summed E-state index contributed by atoms with van der Waals surface area (Å²) in [7, 11) is 1.46. The molecule has 0 saturated carbocycles. The van der Waals surface area contributed by atoms with Gasteiger partial charge in [-0.3, -0.25) is 0 Å². The Kier molecular flexibility index (Phi) is 2.65. The van der Waals surface area contributed by atoms with E-state index in [1.807, 2.05) is 0 Å². The van der Waals surface area contributed by atoms with Crippen LogP contribution < -0.4 is 10.5 Å². The first kappa shape index (κ1) is 9.00. The van der Waals surface area contributed by atoms with Crippen LogP contribution >= 0.6 is 11.6 Å². The number of nitrogen functional groups attached to an aromatic ring is 1. The molecule has 1 rings (SSSR count). The highest BCUT2D eigenvalue weighted by atomic mass is 35.5. The maximum absolute atomic E-state index is 9.32. The lowest BCUT2D eigenvalue weighted by atomic mass is 10.2. The van der Waals surface area contributed by atoms with Gasteiger partial charge in [0, 0.05) is 5.88 Å². The van der Waals surface area contributed by atoms with Crippen molar-refractivity contribution in [3.8, 4) is 11.5 Å². The predicted molar refractivity (Wildman–Crippen MR) is 48.6 cm³/mol. The van der Waals surface area contributed by atoms with Crippen LogP contribution in [0.3, 0.4) is 0 Å². The van der Waals surface area contributed by atoms with Crippen LogP contribution in [0.25, 0.3) is 0 Å². The van der Waals surface area contributed by atoms with E-state index in [1.165, 1.54) is 7.11 Å². The second kappa shape index (κ2) is 3.54. The molecule has 0 aromatic heterocycles. The van der Waals surface area contributed by atoms with Crippen molar-refractivity contribution in [2.24, 2.45) is 0 Å². The number of alkyl halides is 1. The number of phenolic OH excluding ortho intramolecular Hbond substituents is 1. The Morgan fingerprint density at radius 2 is 2.25 bits per heavy atom. The van der Waals surface area contributed by atoms with Crippen LogP contribution in [0.4, 0.5) is 5.69 Å². The summed E-state index contributed by atoms with van der Waals surface area (Å²) in [5.41, 5.74) is 6.59. The minimum absolute atomic E-state index is 0.0358. The molecule has 0 saturated heterocycles. The molecule has 4 heteroatoms. The Balaban J connectivity index is 3.19. The second-order valence-electron chi connectivity index (χ2n) is 2.37. The summed E-state index contributed by atoms with van der Waals surface area (Å²) in [5, 5.41) is 9.32. The summed E-state index contributed by atoms with van der Waals surface area (Å²) in [4.78, 5) is 0. The molecule has 0 radical (unpaired) electrons. The van der Waals surface area contributed by atoms with Crippen LogP contribution in [-0.2, 0) is 5.88 Å². The minimum atomic E-state index is -0.0358. The number of aromatic hydroxyl groups is 1. The summed E-state index contributed by atoms with van der Waals surface area (Å²) in [6.45, 7) is 0. The number of hydrogen-bond donors (Lipinski definition) is 2. The first-order valence-electron chi connectivity index (χ1n) is 3.40. The third-order valence-corrected chi connectivity index (χ3v) is 1.85. The lowest BCUT2D eigenvalue weighted by Gasteiger charge is -2.07. The zero-order valence-corrected chi connectivity index (χ0v) is 7.43. The quantitative estimate of drug-likeness (QED) is 0.421. The van der Waals surface area contributed by atoms with Gasteiger partial charge in [-0.15, -0.1) is 11.6 Å². The average Bonchev–Trinajstić information content (AvgIpc) is 2.09. The molecule has 0 heterocycles. The number of benzene rings is 1. The Morgan fingerprint density at radius 1 is 1.58 bits per heavy atom. The number of halogens is 1. The van der Waals surface area contributed by atoms with Crippen LogP contribution in [0.2, 0.25) is 0 Å². The molecule has 0 aliphatic carbocycles.